The second kappa shape index (κ2) is 6.71. The van der Waals surface area contributed by atoms with Crippen molar-refractivity contribution >= 4 is 29.6 Å². The van der Waals surface area contributed by atoms with Gasteiger partial charge in [0.05, 0.1) is 0 Å². The average molecular weight is 271 g/mol. The van der Waals surface area contributed by atoms with Crippen molar-refractivity contribution < 1.29 is 5.11 Å². The fraction of sp³-hybridized carbons (Fsp3) is 0. The summed E-state index contributed by atoms with van der Waals surface area (Å²) in [5.41, 5.74) is 4.06. The quantitative estimate of drug-likeness (QED) is 0.724. The van der Waals surface area contributed by atoms with E-state index in [-0.39, 0.29) is 29.6 Å². The number of para-hydroxylation sites is 1. The van der Waals surface area contributed by atoms with E-state index in [9.17, 15) is 5.11 Å². The minimum atomic E-state index is 0. The topological polar surface area (TPSA) is 33.1 Å². The van der Waals surface area contributed by atoms with Crippen LogP contribution in [0.3, 0.4) is 0 Å². The maximum absolute atomic E-state index is 9.84. The van der Waals surface area contributed by atoms with E-state index >= 15 is 0 Å². The van der Waals surface area contributed by atoms with Crippen LogP contribution in [0, 0.1) is 0 Å². The standard InChI is InChI=1S/C17H13NO.Na.H/c19-17-6-2-1-5-16(17)14-9-7-13(8-10-14)15-4-3-11-18-12-15;;/h1-12,19H;;. The molecule has 1 aromatic heterocycles. The molecule has 0 aliphatic heterocycles. The maximum atomic E-state index is 9.84. The molecule has 3 heteroatoms. The Bertz CT molecular complexity index is 681. The van der Waals surface area contributed by atoms with E-state index in [1.165, 1.54) is 0 Å². The molecule has 0 atom stereocenters. The summed E-state index contributed by atoms with van der Waals surface area (Å²) < 4.78 is 0. The molecule has 0 radical (unpaired) electrons. The Kier molecular flexibility index (Phi) is 4.96. The molecule has 3 rings (SSSR count). The second-order valence-corrected chi connectivity index (χ2v) is 4.34. The summed E-state index contributed by atoms with van der Waals surface area (Å²) in [5.74, 6) is 0.302. The fourth-order valence-electron chi connectivity index (χ4n) is 2.09. The molecular formula is C17H14NNaO. The van der Waals surface area contributed by atoms with Gasteiger partial charge in [0.2, 0.25) is 0 Å². The molecule has 0 bridgehead atoms. The summed E-state index contributed by atoms with van der Waals surface area (Å²) in [4.78, 5) is 4.12. The molecule has 20 heavy (non-hydrogen) atoms. The number of aromatic hydroxyl groups is 1. The van der Waals surface area contributed by atoms with E-state index < -0.39 is 0 Å². The Hall–Kier alpha value is -1.61. The predicted octanol–water partition coefficient (Wildman–Crippen LogP) is 3.47. The number of rotatable bonds is 2. The summed E-state index contributed by atoms with van der Waals surface area (Å²) in [6.07, 6.45) is 3.61. The summed E-state index contributed by atoms with van der Waals surface area (Å²) in [6, 6.07) is 19.4. The molecule has 94 valence electrons. The van der Waals surface area contributed by atoms with Crippen LogP contribution in [0.2, 0.25) is 0 Å². The van der Waals surface area contributed by atoms with Crippen molar-refractivity contribution in [3.05, 3.63) is 73.1 Å². The SMILES string of the molecule is Oc1ccccc1-c1ccc(-c2cccnc2)cc1.[NaH]. The molecule has 0 saturated heterocycles. The van der Waals surface area contributed by atoms with Gasteiger partial charge in [-0.15, -0.1) is 0 Å². The summed E-state index contributed by atoms with van der Waals surface area (Å²) >= 11 is 0. The van der Waals surface area contributed by atoms with E-state index in [1.54, 1.807) is 12.3 Å². The Labute approximate surface area is 140 Å². The van der Waals surface area contributed by atoms with Gasteiger partial charge in [0, 0.05) is 18.0 Å². The molecule has 0 spiro atoms. The molecule has 0 unspecified atom stereocenters. The molecule has 0 amide bonds. The van der Waals surface area contributed by atoms with Gasteiger partial charge in [-0.1, -0.05) is 48.5 Å². The van der Waals surface area contributed by atoms with Gasteiger partial charge in [0.25, 0.3) is 0 Å². The molecular weight excluding hydrogens is 257 g/mol. The van der Waals surface area contributed by atoms with Gasteiger partial charge in [0.15, 0.2) is 0 Å². The van der Waals surface area contributed by atoms with Crippen LogP contribution in [0.25, 0.3) is 22.3 Å². The van der Waals surface area contributed by atoms with Crippen LogP contribution in [-0.2, 0) is 0 Å². The summed E-state index contributed by atoms with van der Waals surface area (Å²) in [6.45, 7) is 0. The number of pyridine rings is 1. The van der Waals surface area contributed by atoms with Crippen LogP contribution in [0.15, 0.2) is 73.1 Å². The van der Waals surface area contributed by atoms with Gasteiger partial charge in [-0.2, -0.15) is 0 Å². The van der Waals surface area contributed by atoms with Gasteiger partial charge in [-0.05, 0) is 28.8 Å². The van der Waals surface area contributed by atoms with Crippen molar-refractivity contribution in [2.45, 2.75) is 0 Å². The van der Waals surface area contributed by atoms with E-state index in [2.05, 4.69) is 4.98 Å². The molecule has 1 heterocycles. The Balaban J connectivity index is 0.00000147. The van der Waals surface area contributed by atoms with Crippen LogP contribution < -0.4 is 0 Å². The van der Waals surface area contributed by atoms with Gasteiger partial charge in [0.1, 0.15) is 5.75 Å². The van der Waals surface area contributed by atoms with Crippen LogP contribution in [-0.4, -0.2) is 39.6 Å². The molecule has 1 N–H and O–H groups in total. The van der Waals surface area contributed by atoms with Crippen LogP contribution >= 0.6 is 0 Å². The Morgan fingerprint density at radius 2 is 1.40 bits per heavy atom. The first-order chi connectivity index (χ1) is 9.34. The number of phenolic OH excluding ortho intramolecular Hbond substituents is 1. The third-order valence-electron chi connectivity index (χ3n) is 3.09. The van der Waals surface area contributed by atoms with E-state index in [4.69, 9.17) is 0 Å². The first-order valence-electron chi connectivity index (χ1n) is 6.13. The third kappa shape index (κ3) is 3.10. The third-order valence-corrected chi connectivity index (χ3v) is 3.09. The zero-order valence-electron chi connectivity index (χ0n) is 10.3. The average Bonchev–Trinajstić information content (AvgIpc) is 2.49. The first-order valence-corrected chi connectivity index (χ1v) is 6.13. The van der Waals surface area contributed by atoms with Gasteiger partial charge < -0.3 is 5.11 Å². The number of benzene rings is 2. The molecule has 3 aromatic rings. The molecule has 0 aliphatic carbocycles. The number of aromatic nitrogens is 1. The Morgan fingerprint density at radius 1 is 0.700 bits per heavy atom. The zero-order chi connectivity index (χ0) is 13.1. The van der Waals surface area contributed by atoms with Crippen molar-refractivity contribution in [3.8, 4) is 28.0 Å². The molecule has 2 aromatic carbocycles. The van der Waals surface area contributed by atoms with Gasteiger partial charge >= 0.3 is 29.6 Å². The Morgan fingerprint density at radius 3 is 2.05 bits per heavy atom. The normalized spacial score (nSPS) is 9.80. The second-order valence-electron chi connectivity index (χ2n) is 4.34. The van der Waals surface area contributed by atoms with Gasteiger partial charge in [-0.25, -0.2) is 0 Å². The molecule has 0 aliphatic rings. The van der Waals surface area contributed by atoms with E-state index in [1.807, 2.05) is 60.8 Å². The molecule has 2 nitrogen and oxygen atoms in total. The number of hydrogen-bond donors (Lipinski definition) is 1. The minimum absolute atomic E-state index is 0. The zero-order valence-corrected chi connectivity index (χ0v) is 10.3. The number of hydrogen-bond acceptors (Lipinski definition) is 2. The fourth-order valence-corrected chi connectivity index (χ4v) is 2.09. The van der Waals surface area contributed by atoms with Crippen molar-refractivity contribution in [2.75, 3.05) is 0 Å². The first kappa shape index (κ1) is 14.8. The van der Waals surface area contributed by atoms with Crippen molar-refractivity contribution in [3.63, 3.8) is 0 Å². The summed E-state index contributed by atoms with van der Waals surface area (Å²) in [5, 5.41) is 9.84. The number of phenols is 1. The van der Waals surface area contributed by atoms with Gasteiger partial charge in [-0.3, -0.25) is 4.98 Å². The van der Waals surface area contributed by atoms with Crippen LogP contribution in [0.5, 0.6) is 5.75 Å². The summed E-state index contributed by atoms with van der Waals surface area (Å²) in [7, 11) is 0. The monoisotopic (exact) mass is 271 g/mol. The van der Waals surface area contributed by atoms with Crippen molar-refractivity contribution in [1.29, 1.82) is 0 Å². The van der Waals surface area contributed by atoms with E-state index in [0.717, 1.165) is 22.3 Å². The van der Waals surface area contributed by atoms with Crippen LogP contribution in [0.4, 0.5) is 0 Å². The molecule has 0 fully saturated rings. The molecule has 0 saturated carbocycles. The number of nitrogens with zero attached hydrogens (tertiary/aromatic N) is 1. The van der Waals surface area contributed by atoms with Crippen LogP contribution in [0.1, 0.15) is 0 Å². The van der Waals surface area contributed by atoms with Crippen molar-refractivity contribution in [1.82, 2.24) is 4.98 Å². The van der Waals surface area contributed by atoms with Crippen molar-refractivity contribution in [2.24, 2.45) is 0 Å². The van der Waals surface area contributed by atoms with E-state index in [0.29, 0.717) is 5.75 Å². The predicted molar refractivity (Wildman–Crippen MR) is 83.9 cm³/mol.